The van der Waals surface area contributed by atoms with Crippen molar-refractivity contribution in [2.75, 3.05) is 13.1 Å². The maximum atomic E-state index is 13.1. The van der Waals surface area contributed by atoms with Crippen molar-refractivity contribution in [3.8, 4) is 6.07 Å². The lowest BCUT2D eigenvalue weighted by atomic mass is 10.0. The van der Waals surface area contributed by atoms with Gasteiger partial charge in [-0.05, 0) is 24.1 Å². The Morgan fingerprint density at radius 3 is 2.82 bits per heavy atom. The standard InChI is InChI=1S/C12H12F2N2O/c13-10-2-1-8(5-11(10)14)12-6-9(17)7-16(12)4-3-15/h1-2,5,9,12,17H,4,6-7H2/t9-,12-/m0/s1. The number of hydrogen-bond donors (Lipinski definition) is 1. The molecule has 0 spiro atoms. The maximum absolute atomic E-state index is 13.1. The molecule has 1 heterocycles. The number of halogens is 2. The predicted octanol–water partition coefficient (Wildman–Crippen LogP) is 1.60. The average Bonchev–Trinajstić information content (AvgIpc) is 2.64. The van der Waals surface area contributed by atoms with E-state index in [1.165, 1.54) is 6.07 Å². The van der Waals surface area contributed by atoms with Gasteiger partial charge < -0.3 is 5.11 Å². The third kappa shape index (κ3) is 2.43. The van der Waals surface area contributed by atoms with Crippen molar-refractivity contribution in [1.29, 1.82) is 5.26 Å². The van der Waals surface area contributed by atoms with Gasteiger partial charge in [0.2, 0.25) is 0 Å². The topological polar surface area (TPSA) is 47.3 Å². The Bertz CT molecular complexity index is 458. The summed E-state index contributed by atoms with van der Waals surface area (Å²) in [7, 11) is 0. The number of rotatable bonds is 2. The van der Waals surface area contributed by atoms with Gasteiger partial charge in [0.25, 0.3) is 0 Å². The number of benzene rings is 1. The Morgan fingerprint density at radius 2 is 2.18 bits per heavy atom. The maximum Gasteiger partial charge on any atom is 0.159 e. The van der Waals surface area contributed by atoms with Crippen LogP contribution in [-0.4, -0.2) is 29.2 Å². The summed E-state index contributed by atoms with van der Waals surface area (Å²) in [5, 5.41) is 18.2. The van der Waals surface area contributed by atoms with E-state index >= 15 is 0 Å². The summed E-state index contributed by atoms with van der Waals surface area (Å²) in [6.07, 6.45) is -0.0892. The van der Waals surface area contributed by atoms with E-state index in [0.717, 1.165) is 12.1 Å². The second-order valence-corrected chi connectivity index (χ2v) is 4.17. The van der Waals surface area contributed by atoms with E-state index in [1.54, 1.807) is 4.90 Å². The molecule has 1 saturated heterocycles. The Labute approximate surface area is 97.9 Å². The molecule has 1 aromatic rings. The zero-order valence-electron chi connectivity index (χ0n) is 9.11. The second-order valence-electron chi connectivity index (χ2n) is 4.17. The van der Waals surface area contributed by atoms with Gasteiger partial charge in [-0.3, -0.25) is 4.90 Å². The van der Waals surface area contributed by atoms with E-state index in [1.807, 2.05) is 6.07 Å². The van der Waals surface area contributed by atoms with Crippen LogP contribution in [0.1, 0.15) is 18.0 Å². The summed E-state index contributed by atoms with van der Waals surface area (Å²) in [4.78, 5) is 1.76. The lowest BCUT2D eigenvalue weighted by molar-refractivity contribution is 0.179. The van der Waals surface area contributed by atoms with E-state index < -0.39 is 17.7 Å². The molecule has 0 saturated carbocycles. The fraction of sp³-hybridized carbons (Fsp3) is 0.417. The van der Waals surface area contributed by atoms with Gasteiger partial charge >= 0.3 is 0 Å². The van der Waals surface area contributed by atoms with Gasteiger partial charge in [-0.2, -0.15) is 5.26 Å². The van der Waals surface area contributed by atoms with Crippen LogP contribution < -0.4 is 0 Å². The molecule has 0 amide bonds. The van der Waals surface area contributed by atoms with Gasteiger partial charge in [0, 0.05) is 12.6 Å². The lowest BCUT2D eigenvalue weighted by Gasteiger charge is -2.21. The number of nitrogens with zero attached hydrogens (tertiary/aromatic N) is 2. The molecule has 2 rings (SSSR count). The summed E-state index contributed by atoms with van der Waals surface area (Å²) in [6, 6.07) is 5.47. The van der Waals surface area contributed by atoms with E-state index in [2.05, 4.69) is 0 Å². The summed E-state index contributed by atoms with van der Waals surface area (Å²) >= 11 is 0. The minimum absolute atomic E-state index is 0.167. The molecule has 1 aromatic carbocycles. The smallest absolute Gasteiger partial charge is 0.159 e. The van der Waals surface area contributed by atoms with Crippen molar-refractivity contribution >= 4 is 0 Å². The number of hydrogen-bond acceptors (Lipinski definition) is 3. The number of aliphatic hydroxyl groups is 1. The highest BCUT2D eigenvalue weighted by Crippen LogP contribution is 2.32. The first kappa shape index (κ1) is 12.0. The van der Waals surface area contributed by atoms with Gasteiger partial charge in [0.1, 0.15) is 0 Å². The van der Waals surface area contributed by atoms with E-state index in [4.69, 9.17) is 5.26 Å². The Morgan fingerprint density at radius 1 is 1.41 bits per heavy atom. The number of aliphatic hydroxyl groups excluding tert-OH is 1. The number of likely N-dealkylation sites (tertiary alicyclic amines) is 1. The minimum Gasteiger partial charge on any atom is -0.392 e. The second kappa shape index (κ2) is 4.78. The lowest BCUT2D eigenvalue weighted by Crippen LogP contribution is -2.25. The highest BCUT2D eigenvalue weighted by molar-refractivity contribution is 5.23. The van der Waals surface area contributed by atoms with Crippen molar-refractivity contribution in [2.45, 2.75) is 18.6 Å². The van der Waals surface area contributed by atoms with E-state index in [0.29, 0.717) is 18.5 Å². The van der Waals surface area contributed by atoms with Crippen LogP contribution in [0.5, 0.6) is 0 Å². The Balaban J connectivity index is 2.25. The molecule has 2 atom stereocenters. The van der Waals surface area contributed by atoms with Crippen molar-refractivity contribution in [2.24, 2.45) is 0 Å². The van der Waals surface area contributed by atoms with Gasteiger partial charge in [0.15, 0.2) is 11.6 Å². The van der Waals surface area contributed by atoms with Gasteiger partial charge in [0.05, 0.1) is 18.7 Å². The quantitative estimate of drug-likeness (QED) is 0.796. The molecule has 1 fully saturated rings. The molecule has 1 N–H and O–H groups in total. The summed E-state index contributed by atoms with van der Waals surface area (Å²) < 4.78 is 25.9. The zero-order chi connectivity index (χ0) is 12.4. The third-order valence-electron chi connectivity index (χ3n) is 2.98. The normalized spacial score (nSPS) is 24.8. The molecule has 0 aliphatic carbocycles. The summed E-state index contributed by atoms with van der Waals surface area (Å²) in [5.41, 5.74) is 0.593. The molecule has 0 aromatic heterocycles. The first-order chi connectivity index (χ1) is 8.11. The fourth-order valence-corrected chi connectivity index (χ4v) is 2.21. The minimum atomic E-state index is -0.902. The molecule has 90 valence electrons. The molecule has 5 heteroatoms. The first-order valence-corrected chi connectivity index (χ1v) is 5.36. The van der Waals surface area contributed by atoms with Crippen LogP contribution in [0.2, 0.25) is 0 Å². The van der Waals surface area contributed by atoms with Crippen LogP contribution >= 0.6 is 0 Å². The average molecular weight is 238 g/mol. The molecule has 1 aliphatic rings. The number of nitriles is 1. The van der Waals surface area contributed by atoms with Crippen LogP contribution in [0.4, 0.5) is 8.78 Å². The summed E-state index contributed by atoms with van der Waals surface area (Å²) in [6.45, 7) is 0.554. The van der Waals surface area contributed by atoms with Gasteiger partial charge in [-0.25, -0.2) is 8.78 Å². The van der Waals surface area contributed by atoms with Crippen LogP contribution in [-0.2, 0) is 0 Å². The highest BCUT2D eigenvalue weighted by Gasteiger charge is 2.32. The molecule has 0 unspecified atom stereocenters. The fourth-order valence-electron chi connectivity index (χ4n) is 2.21. The number of β-amino-alcohol motifs (C(OH)–C–C–N with tert-alkyl or cyclic N) is 1. The Hall–Kier alpha value is -1.51. The van der Waals surface area contributed by atoms with Crippen molar-refractivity contribution in [1.82, 2.24) is 4.90 Å². The van der Waals surface area contributed by atoms with Crippen LogP contribution in [0.15, 0.2) is 18.2 Å². The van der Waals surface area contributed by atoms with Crippen molar-refractivity contribution in [3.05, 3.63) is 35.4 Å². The van der Waals surface area contributed by atoms with Crippen LogP contribution in [0.25, 0.3) is 0 Å². The third-order valence-corrected chi connectivity index (χ3v) is 2.98. The molecular weight excluding hydrogens is 226 g/mol. The van der Waals surface area contributed by atoms with E-state index in [9.17, 15) is 13.9 Å². The molecule has 3 nitrogen and oxygen atoms in total. The van der Waals surface area contributed by atoms with Gasteiger partial charge in [-0.15, -0.1) is 0 Å². The monoisotopic (exact) mass is 238 g/mol. The summed E-state index contributed by atoms with van der Waals surface area (Å²) in [5.74, 6) is -1.79. The van der Waals surface area contributed by atoms with Crippen molar-refractivity contribution < 1.29 is 13.9 Å². The zero-order valence-corrected chi connectivity index (χ0v) is 9.11. The molecule has 1 aliphatic heterocycles. The van der Waals surface area contributed by atoms with Crippen LogP contribution in [0.3, 0.4) is 0 Å². The molecule has 17 heavy (non-hydrogen) atoms. The van der Waals surface area contributed by atoms with E-state index in [-0.39, 0.29) is 12.6 Å². The highest BCUT2D eigenvalue weighted by atomic mass is 19.2. The molecular formula is C12H12F2N2O. The Kier molecular flexibility index (Phi) is 3.36. The first-order valence-electron chi connectivity index (χ1n) is 5.36. The van der Waals surface area contributed by atoms with Gasteiger partial charge in [-0.1, -0.05) is 6.07 Å². The van der Waals surface area contributed by atoms with Crippen LogP contribution in [0, 0.1) is 23.0 Å². The molecule has 0 radical (unpaired) electrons. The molecule has 0 bridgehead atoms. The van der Waals surface area contributed by atoms with Crippen molar-refractivity contribution in [3.63, 3.8) is 0 Å². The largest absolute Gasteiger partial charge is 0.392 e. The predicted molar refractivity (Wildman–Crippen MR) is 56.9 cm³/mol. The SMILES string of the molecule is N#CCN1C[C@@H](O)C[C@H]1c1ccc(F)c(F)c1.